The maximum absolute atomic E-state index is 5.81. The van der Waals surface area contributed by atoms with Gasteiger partial charge in [-0.3, -0.25) is 0 Å². The Labute approximate surface area is 89.8 Å². The molecule has 1 saturated heterocycles. The standard InChI is InChI=1S/C11H17N3O/c1-8-4-5-10(12)11(14-8)13-7-9-3-2-6-15-9/h4-5,9H,2-3,6-7,12H2,1H3,(H,13,14). The van der Waals surface area contributed by atoms with Gasteiger partial charge < -0.3 is 15.8 Å². The summed E-state index contributed by atoms with van der Waals surface area (Å²) in [6, 6.07) is 3.78. The van der Waals surface area contributed by atoms with Crippen molar-refractivity contribution in [3.8, 4) is 0 Å². The zero-order valence-corrected chi connectivity index (χ0v) is 8.99. The molecule has 1 aliphatic rings. The van der Waals surface area contributed by atoms with Crippen LogP contribution in [-0.4, -0.2) is 24.2 Å². The molecule has 4 nitrogen and oxygen atoms in total. The van der Waals surface area contributed by atoms with Crippen molar-refractivity contribution in [2.24, 2.45) is 0 Å². The van der Waals surface area contributed by atoms with E-state index in [1.165, 1.54) is 0 Å². The van der Waals surface area contributed by atoms with E-state index in [1.807, 2.05) is 19.1 Å². The maximum atomic E-state index is 5.81. The van der Waals surface area contributed by atoms with Crippen molar-refractivity contribution in [1.29, 1.82) is 0 Å². The number of hydrogen-bond donors (Lipinski definition) is 2. The molecule has 1 fully saturated rings. The molecule has 15 heavy (non-hydrogen) atoms. The van der Waals surface area contributed by atoms with Crippen LogP contribution < -0.4 is 11.1 Å². The minimum Gasteiger partial charge on any atom is -0.396 e. The van der Waals surface area contributed by atoms with Gasteiger partial charge in [-0.15, -0.1) is 0 Å². The van der Waals surface area contributed by atoms with Gasteiger partial charge in [-0.1, -0.05) is 0 Å². The summed E-state index contributed by atoms with van der Waals surface area (Å²) in [6.45, 7) is 3.63. The van der Waals surface area contributed by atoms with Crippen LogP contribution >= 0.6 is 0 Å². The molecular formula is C11H17N3O. The van der Waals surface area contributed by atoms with Crippen molar-refractivity contribution in [3.05, 3.63) is 17.8 Å². The SMILES string of the molecule is Cc1ccc(N)c(NCC2CCCO2)n1. The highest BCUT2D eigenvalue weighted by Gasteiger charge is 2.15. The number of nitrogen functional groups attached to an aromatic ring is 1. The predicted molar refractivity (Wildman–Crippen MR) is 60.9 cm³/mol. The normalized spacial score (nSPS) is 20.5. The van der Waals surface area contributed by atoms with Crippen molar-refractivity contribution in [1.82, 2.24) is 4.98 Å². The summed E-state index contributed by atoms with van der Waals surface area (Å²) >= 11 is 0. The molecular weight excluding hydrogens is 190 g/mol. The Hall–Kier alpha value is -1.29. The van der Waals surface area contributed by atoms with E-state index in [9.17, 15) is 0 Å². The van der Waals surface area contributed by atoms with Gasteiger partial charge in [-0.25, -0.2) is 4.98 Å². The van der Waals surface area contributed by atoms with Crippen LogP contribution in [0, 0.1) is 6.92 Å². The topological polar surface area (TPSA) is 60.2 Å². The molecule has 0 aromatic carbocycles. The van der Waals surface area contributed by atoms with Crippen LogP contribution in [0.2, 0.25) is 0 Å². The second-order valence-corrected chi connectivity index (χ2v) is 3.91. The predicted octanol–water partition coefficient (Wildman–Crippen LogP) is 1.56. The van der Waals surface area contributed by atoms with E-state index < -0.39 is 0 Å². The van der Waals surface area contributed by atoms with Crippen molar-refractivity contribution in [2.45, 2.75) is 25.9 Å². The lowest BCUT2D eigenvalue weighted by molar-refractivity contribution is 0.120. The van der Waals surface area contributed by atoms with Crippen LogP contribution in [0.25, 0.3) is 0 Å². The number of aryl methyl sites for hydroxylation is 1. The second kappa shape index (κ2) is 4.49. The van der Waals surface area contributed by atoms with Crippen LogP contribution in [0.5, 0.6) is 0 Å². The fourth-order valence-corrected chi connectivity index (χ4v) is 1.72. The van der Waals surface area contributed by atoms with E-state index in [-0.39, 0.29) is 0 Å². The van der Waals surface area contributed by atoms with Crippen LogP contribution in [0.1, 0.15) is 18.5 Å². The van der Waals surface area contributed by atoms with E-state index in [0.29, 0.717) is 11.8 Å². The van der Waals surface area contributed by atoms with Crippen LogP contribution in [0.4, 0.5) is 11.5 Å². The Morgan fingerprint density at radius 3 is 3.20 bits per heavy atom. The monoisotopic (exact) mass is 207 g/mol. The van der Waals surface area contributed by atoms with Gasteiger partial charge in [0.25, 0.3) is 0 Å². The number of ether oxygens (including phenoxy) is 1. The summed E-state index contributed by atoms with van der Waals surface area (Å²) in [7, 11) is 0. The fourth-order valence-electron chi connectivity index (χ4n) is 1.72. The number of hydrogen-bond acceptors (Lipinski definition) is 4. The minimum atomic E-state index is 0.312. The Balaban J connectivity index is 1.94. The van der Waals surface area contributed by atoms with Crippen LogP contribution in [0.15, 0.2) is 12.1 Å². The highest BCUT2D eigenvalue weighted by Crippen LogP contribution is 2.17. The molecule has 2 rings (SSSR count). The molecule has 2 heterocycles. The highest BCUT2D eigenvalue weighted by molar-refractivity contribution is 5.61. The molecule has 1 aromatic rings. The summed E-state index contributed by atoms with van der Waals surface area (Å²) in [5.74, 6) is 0.769. The lowest BCUT2D eigenvalue weighted by Gasteiger charge is -2.12. The lowest BCUT2D eigenvalue weighted by atomic mass is 10.2. The molecule has 0 spiro atoms. The number of anilines is 2. The number of rotatable bonds is 3. The minimum absolute atomic E-state index is 0.312. The van der Waals surface area contributed by atoms with Gasteiger partial charge in [-0.2, -0.15) is 0 Å². The average Bonchev–Trinajstić information content (AvgIpc) is 2.72. The molecule has 82 valence electrons. The third-order valence-corrected chi connectivity index (χ3v) is 2.59. The molecule has 4 heteroatoms. The Morgan fingerprint density at radius 2 is 2.47 bits per heavy atom. The summed E-state index contributed by atoms with van der Waals surface area (Å²) < 4.78 is 5.51. The third-order valence-electron chi connectivity index (χ3n) is 2.59. The lowest BCUT2D eigenvalue weighted by Crippen LogP contribution is -2.19. The Bertz CT molecular complexity index is 335. The maximum Gasteiger partial charge on any atom is 0.149 e. The molecule has 3 N–H and O–H groups in total. The van der Waals surface area contributed by atoms with Crippen molar-refractivity contribution >= 4 is 11.5 Å². The Kier molecular flexibility index (Phi) is 3.06. The number of pyridine rings is 1. The molecule has 1 unspecified atom stereocenters. The first-order chi connectivity index (χ1) is 7.25. The summed E-state index contributed by atoms with van der Waals surface area (Å²) in [4.78, 5) is 4.34. The van der Waals surface area contributed by atoms with Crippen molar-refractivity contribution in [2.75, 3.05) is 24.2 Å². The molecule has 1 aromatic heterocycles. The first kappa shape index (κ1) is 10.2. The van der Waals surface area contributed by atoms with E-state index in [1.54, 1.807) is 0 Å². The Morgan fingerprint density at radius 1 is 1.60 bits per heavy atom. The largest absolute Gasteiger partial charge is 0.396 e. The molecule has 0 aliphatic carbocycles. The van der Waals surface area contributed by atoms with Crippen LogP contribution in [0.3, 0.4) is 0 Å². The van der Waals surface area contributed by atoms with Gasteiger partial charge in [0.15, 0.2) is 0 Å². The first-order valence-electron chi connectivity index (χ1n) is 5.34. The van der Waals surface area contributed by atoms with E-state index in [0.717, 1.165) is 37.5 Å². The molecule has 0 radical (unpaired) electrons. The van der Waals surface area contributed by atoms with Gasteiger partial charge in [0, 0.05) is 18.8 Å². The van der Waals surface area contributed by atoms with Gasteiger partial charge >= 0.3 is 0 Å². The van der Waals surface area contributed by atoms with E-state index in [4.69, 9.17) is 10.5 Å². The third kappa shape index (κ3) is 2.59. The van der Waals surface area contributed by atoms with E-state index in [2.05, 4.69) is 10.3 Å². The molecule has 0 bridgehead atoms. The number of aromatic nitrogens is 1. The summed E-state index contributed by atoms with van der Waals surface area (Å²) in [5, 5.41) is 3.23. The van der Waals surface area contributed by atoms with Gasteiger partial charge in [0.05, 0.1) is 11.8 Å². The second-order valence-electron chi connectivity index (χ2n) is 3.91. The number of nitrogens with zero attached hydrogens (tertiary/aromatic N) is 1. The van der Waals surface area contributed by atoms with Crippen LogP contribution in [-0.2, 0) is 4.74 Å². The molecule has 0 saturated carbocycles. The molecule has 1 aliphatic heterocycles. The van der Waals surface area contributed by atoms with E-state index >= 15 is 0 Å². The number of nitrogens with one attached hydrogen (secondary N) is 1. The number of nitrogens with two attached hydrogens (primary N) is 1. The first-order valence-corrected chi connectivity index (χ1v) is 5.34. The summed E-state index contributed by atoms with van der Waals surface area (Å²) in [6.07, 6.45) is 2.59. The molecule has 0 amide bonds. The zero-order chi connectivity index (χ0) is 10.7. The highest BCUT2D eigenvalue weighted by atomic mass is 16.5. The van der Waals surface area contributed by atoms with Crippen molar-refractivity contribution in [3.63, 3.8) is 0 Å². The van der Waals surface area contributed by atoms with Gasteiger partial charge in [0.1, 0.15) is 5.82 Å². The fraction of sp³-hybridized carbons (Fsp3) is 0.545. The van der Waals surface area contributed by atoms with Crippen molar-refractivity contribution < 1.29 is 4.74 Å². The van der Waals surface area contributed by atoms with Gasteiger partial charge in [-0.05, 0) is 31.9 Å². The summed E-state index contributed by atoms with van der Waals surface area (Å²) in [5.41, 5.74) is 7.47. The average molecular weight is 207 g/mol. The van der Waals surface area contributed by atoms with Gasteiger partial charge in [0.2, 0.25) is 0 Å². The quantitative estimate of drug-likeness (QED) is 0.789. The molecule has 1 atom stereocenters. The smallest absolute Gasteiger partial charge is 0.149 e. The zero-order valence-electron chi connectivity index (χ0n) is 8.99.